The summed E-state index contributed by atoms with van der Waals surface area (Å²) in [6.45, 7) is 10.1. The molecule has 30 heavy (non-hydrogen) atoms. The van der Waals surface area contributed by atoms with Crippen LogP contribution in [0.3, 0.4) is 0 Å². The standard InChI is InChI=1S/C21H40N6O3/c1-21(2,3)30-20(29)27-11-5-6-16(14-27)7-10-24-19(23-4)25-17-8-12-26(13-9-17)15-18(22)28/h16-17H,5-15H2,1-4H3,(H2,22,28)(H2,23,24,25). The summed E-state index contributed by atoms with van der Waals surface area (Å²) in [6.07, 6.45) is 4.84. The summed E-state index contributed by atoms with van der Waals surface area (Å²) in [6, 6.07) is 0.345. The van der Waals surface area contributed by atoms with E-state index in [1.165, 1.54) is 0 Å². The number of nitrogens with zero attached hydrogens (tertiary/aromatic N) is 3. The maximum Gasteiger partial charge on any atom is 0.410 e. The van der Waals surface area contributed by atoms with Gasteiger partial charge in [-0.1, -0.05) is 0 Å². The third kappa shape index (κ3) is 8.77. The number of nitrogens with two attached hydrogens (primary N) is 1. The first kappa shape index (κ1) is 24.2. The average molecular weight is 425 g/mol. The minimum absolute atomic E-state index is 0.208. The Bertz CT molecular complexity index is 596. The van der Waals surface area contributed by atoms with Crippen LogP contribution in [-0.4, -0.2) is 85.7 Å². The van der Waals surface area contributed by atoms with Crippen LogP contribution in [0.2, 0.25) is 0 Å². The van der Waals surface area contributed by atoms with Crippen LogP contribution in [-0.2, 0) is 9.53 Å². The van der Waals surface area contributed by atoms with E-state index in [4.69, 9.17) is 10.5 Å². The van der Waals surface area contributed by atoms with E-state index in [0.29, 0.717) is 18.5 Å². The predicted molar refractivity (Wildman–Crippen MR) is 118 cm³/mol. The fraction of sp³-hybridized carbons (Fsp3) is 0.857. The average Bonchev–Trinajstić information content (AvgIpc) is 2.67. The second kappa shape index (κ2) is 11.4. The first-order valence-corrected chi connectivity index (χ1v) is 11.1. The van der Waals surface area contributed by atoms with E-state index in [-0.39, 0.29) is 12.0 Å². The maximum absolute atomic E-state index is 12.3. The molecule has 4 N–H and O–H groups in total. The molecule has 1 unspecified atom stereocenters. The molecule has 9 nitrogen and oxygen atoms in total. The lowest BCUT2D eigenvalue weighted by molar-refractivity contribution is -0.119. The lowest BCUT2D eigenvalue weighted by Crippen LogP contribution is -2.50. The quantitative estimate of drug-likeness (QED) is 0.435. The van der Waals surface area contributed by atoms with Crippen molar-refractivity contribution in [2.45, 2.75) is 64.5 Å². The highest BCUT2D eigenvalue weighted by Gasteiger charge is 2.27. The number of primary amides is 1. The van der Waals surface area contributed by atoms with Gasteiger partial charge in [-0.2, -0.15) is 0 Å². The Balaban J connectivity index is 1.68. The van der Waals surface area contributed by atoms with Gasteiger partial charge in [-0.15, -0.1) is 0 Å². The monoisotopic (exact) mass is 424 g/mol. The van der Waals surface area contributed by atoms with Crippen molar-refractivity contribution < 1.29 is 14.3 Å². The van der Waals surface area contributed by atoms with Crippen molar-refractivity contribution in [2.24, 2.45) is 16.6 Å². The summed E-state index contributed by atoms with van der Waals surface area (Å²) in [5, 5.41) is 6.89. The highest BCUT2D eigenvalue weighted by Crippen LogP contribution is 2.21. The predicted octanol–water partition coefficient (Wildman–Crippen LogP) is 1.14. The zero-order chi connectivity index (χ0) is 22.1. The Morgan fingerprint density at radius 1 is 1.17 bits per heavy atom. The molecule has 0 bridgehead atoms. The van der Waals surface area contributed by atoms with E-state index in [0.717, 1.165) is 70.8 Å². The first-order valence-electron chi connectivity index (χ1n) is 11.1. The molecule has 2 fully saturated rings. The number of hydrogen-bond acceptors (Lipinski definition) is 5. The van der Waals surface area contributed by atoms with Gasteiger partial charge in [-0.25, -0.2) is 4.79 Å². The number of nitrogens with one attached hydrogen (secondary N) is 2. The van der Waals surface area contributed by atoms with Crippen molar-refractivity contribution in [1.29, 1.82) is 0 Å². The van der Waals surface area contributed by atoms with Gasteiger partial charge >= 0.3 is 6.09 Å². The van der Waals surface area contributed by atoms with Crippen LogP contribution in [0.5, 0.6) is 0 Å². The highest BCUT2D eigenvalue weighted by atomic mass is 16.6. The van der Waals surface area contributed by atoms with Crippen LogP contribution in [0.1, 0.15) is 52.9 Å². The molecule has 2 aliphatic heterocycles. The van der Waals surface area contributed by atoms with Crippen molar-refractivity contribution >= 4 is 18.0 Å². The van der Waals surface area contributed by atoms with Crippen LogP contribution in [0.4, 0.5) is 4.79 Å². The van der Waals surface area contributed by atoms with E-state index in [1.54, 1.807) is 7.05 Å². The molecule has 0 aromatic rings. The topological polar surface area (TPSA) is 112 Å². The van der Waals surface area contributed by atoms with Crippen molar-refractivity contribution in [3.63, 3.8) is 0 Å². The van der Waals surface area contributed by atoms with E-state index >= 15 is 0 Å². The molecule has 1 atom stereocenters. The van der Waals surface area contributed by atoms with E-state index in [1.807, 2.05) is 25.7 Å². The molecule has 2 rings (SSSR count). The molecule has 2 amide bonds. The molecule has 172 valence electrons. The summed E-state index contributed by atoms with van der Waals surface area (Å²) in [5.41, 5.74) is 4.82. The molecular formula is C21H40N6O3. The number of hydrogen-bond donors (Lipinski definition) is 3. The Morgan fingerprint density at radius 2 is 1.87 bits per heavy atom. The molecule has 0 saturated carbocycles. The lowest BCUT2D eigenvalue weighted by atomic mass is 9.95. The van der Waals surface area contributed by atoms with Gasteiger partial charge in [-0.05, 0) is 58.8 Å². The van der Waals surface area contributed by atoms with Gasteiger partial charge in [0.2, 0.25) is 5.91 Å². The van der Waals surface area contributed by atoms with Gasteiger partial charge in [0.15, 0.2) is 5.96 Å². The number of guanidine groups is 1. The molecule has 9 heteroatoms. The number of carbonyl (C=O) groups excluding carboxylic acids is 2. The summed E-state index contributed by atoms with van der Waals surface area (Å²) in [7, 11) is 1.78. The molecular weight excluding hydrogens is 384 g/mol. The SMILES string of the molecule is CN=C(NCCC1CCCN(C(=O)OC(C)(C)C)C1)NC1CCN(CC(N)=O)CC1. The van der Waals surface area contributed by atoms with Crippen LogP contribution in [0, 0.1) is 5.92 Å². The van der Waals surface area contributed by atoms with Gasteiger partial charge in [-0.3, -0.25) is 14.7 Å². The highest BCUT2D eigenvalue weighted by molar-refractivity contribution is 5.80. The number of piperidine rings is 2. The van der Waals surface area contributed by atoms with Crippen molar-refractivity contribution in [3.8, 4) is 0 Å². The van der Waals surface area contributed by atoms with Crippen LogP contribution in [0.25, 0.3) is 0 Å². The normalized spacial score (nSPS) is 21.9. The molecule has 0 spiro atoms. The smallest absolute Gasteiger partial charge is 0.410 e. The summed E-state index contributed by atoms with van der Waals surface area (Å²) in [4.78, 5) is 31.6. The molecule has 2 saturated heterocycles. The Morgan fingerprint density at radius 3 is 2.47 bits per heavy atom. The maximum atomic E-state index is 12.3. The zero-order valence-corrected chi connectivity index (χ0v) is 19.1. The van der Waals surface area contributed by atoms with E-state index < -0.39 is 5.60 Å². The molecule has 2 heterocycles. The number of rotatable bonds is 6. The zero-order valence-electron chi connectivity index (χ0n) is 19.1. The van der Waals surface area contributed by atoms with Crippen LogP contribution in [0.15, 0.2) is 4.99 Å². The van der Waals surface area contributed by atoms with Gasteiger partial charge < -0.3 is 26.0 Å². The third-order valence-electron chi connectivity index (χ3n) is 5.55. The minimum Gasteiger partial charge on any atom is -0.444 e. The fourth-order valence-electron chi connectivity index (χ4n) is 4.03. The molecule has 0 radical (unpaired) electrons. The van der Waals surface area contributed by atoms with Gasteiger partial charge in [0.05, 0.1) is 6.54 Å². The Kier molecular flexibility index (Phi) is 9.20. The fourth-order valence-corrected chi connectivity index (χ4v) is 4.03. The van der Waals surface area contributed by atoms with Crippen molar-refractivity contribution in [3.05, 3.63) is 0 Å². The lowest BCUT2D eigenvalue weighted by Gasteiger charge is -2.34. The number of ether oxygens (including phenoxy) is 1. The molecule has 0 aromatic heterocycles. The number of carbonyl (C=O) groups is 2. The van der Waals surface area contributed by atoms with Gasteiger partial charge in [0, 0.05) is 45.8 Å². The van der Waals surface area contributed by atoms with Crippen LogP contribution >= 0.6 is 0 Å². The number of likely N-dealkylation sites (tertiary alicyclic amines) is 2. The van der Waals surface area contributed by atoms with Crippen molar-refractivity contribution in [2.75, 3.05) is 46.3 Å². The summed E-state index contributed by atoms with van der Waals surface area (Å²) >= 11 is 0. The van der Waals surface area contributed by atoms with Gasteiger partial charge in [0.1, 0.15) is 5.60 Å². The van der Waals surface area contributed by atoms with Crippen molar-refractivity contribution in [1.82, 2.24) is 20.4 Å². The molecule has 0 aromatic carbocycles. The van der Waals surface area contributed by atoms with Gasteiger partial charge in [0.25, 0.3) is 0 Å². The molecule has 2 aliphatic rings. The van der Waals surface area contributed by atoms with E-state index in [9.17, 15) is 9.59 Å². The minimum atomic E-state index is -0.459. The van der Waals surface area contributed by atoms with Crippen LogP contribution < -0.4 is 16.4 Å². The Labute approximate surface area is 180 Å². The second-order valence-corrected chi connectivity index (χ2v) is 9.38. The summed E-state index contributed by atoms with van der Waals surface area (Å²) < 4.78 is 5.51. The third-order valence-corrected chi connectivity index (χ3v) is 5.55. The van der Waals surface area contributed by atoms with E-state index in [2.05, 4.69) is 20.5 Å². The summed E-state index contributed by atoms with van der Waals surface area (Å²) in [5.74, 6) is 1.00. The first-order chi connectivity index (χ1) is 14.2. The number of amides is 2. The molecule has 0 aliphatic carbocycles. The Hall–Kier alpha value is -2.03. The second-order valence-electron chi connectivity index (χ2n) is 9.38. The largest absolute Gasteiger partial charge is 0.444 e. The number of aliphatic imine (C=N–C) groups is 1.